The first-order valence-corrected chi connectivity index (χ1v) is 6.07. The minimum atomic E-state index is -1.19. The van der Waals surface area contributed by atoms with E-state index in [1.165, 1.54) is 20.3 Å². The molecule has 5 heteroatoms. The predicted molar refractivity (Wildman–Crippen MR) is 70.5 cm³/mol. The van der Waals surface area contributed by atoms with Crippen LogP contribution in [-0.2, 0) is 9.59 Å². The van der Waals surface area contributed by atoms with Gasteiger partial charge in [0.15, 0.2) is 0 Å². The number of aliphatic hydroxyl groups is 1. The van der Waals surface area contributed by atoms with Crippen molar-refractivity contribution in [3.05, 3.63) is 11.1 Å². The van der Waals surface area contributed by atoms with Crippen molar-refractivity contribution < 1.29 is 24.9 Å². The molecule has 19 heavy (non-hydrogen) atoms. The summed E-state index contributed by atoms with van der Waals surface area (Å²) in [4.78, 5) is 20.2. The van der Waals surface area contributed by atoms with Gasteiger partial charge in [0.2, 0.25) is 0 Å². The second-order valence-corrected chi connectivity index (χ2v) is 4.60. The van der Waals surface area contributed by atoms with E-state index in [1.54, 1.807) is 0 Å². The number of hydrogen-bond acceptors (Lipinski definition) is 3. The normalized spacial score (nSPS) is 18.2. The molecule has 0 saturated heterocycles. The molecular formula is C14H20O5. The molecule has 0 heterocycles. The Morgan fingerprint density at radius 3 is 1.58 bits per heavy atom. The maximum Gasteiger partial charge on any atom is 0.331 e. The van der Waals surface area contributed by atoms with Crippen LogP contribution in [0.4, 0.5) is 0 Å². The summed E-state index contributed by atoms with van der Waals surface area (Å²) in [7, 11) is 0. The first kappa shape index (κ1) is 17.2. The van der Waals surface area contributed by atoms with E-state index >= 15 is 0 Å². The molecule has 0 aliphatic heterocycles. The minimum absolute atomic E-state index is 0.132. The molecule has 1 aliphatic rings. The summed E-state index contributed by atoms with van der Waals surface area (Å²) in [5.74, 6) is 0.0468. The molecule has 1 aliphatic carbocycles. The topological polar surface area (TPSA) is 94.8 Å². The predicted octanol–water partition coefficient (Wildman–Crippen LogP) is 1.81. The van der Waals surface area contributed by atoms with Gasteiger partial charge in [-0.2, -0.15) is 0 Å². The van der Waals surface area contributed by atoms with Gasteiger partial charge < -0.3 is 15.3 Å². The Hall–Kier alpha value is -1.80. The summed E-state index contributed by atoms with van der Waals surface area (Å²) in [5, 5.41) is 26.0. The van der Waals surface area contributed by atoms with Crippen LogP contribution in [0.1, 0.15) is 46.0 Å². The molecule has 1 saturated carbocycles. The molecule has 1 fully saturated rings. The Kier molecular flexibility index (Phi) is 6.87. The largest absolute Gasteiger partial charge is 0.478 e. The molecule has 0 aromatic heterocycles. The first-order valence-electron chi connectivity index (χ1n) is 6.07. The van der Waals surface area contributed by atoms with Crippen LogP contribution in [0.25, 0.3) is 0 Å². The lowest BCUT2D eigenvalue weighted by Gasteiger charge is -2.26. The smallest absolute Gasteiger partial charge is 0.331 e. The third kappa shape index (κ3) is 6.07. The van der Waals surface area contributed by atoms with Crippen LogP contribution < -0.4 is 0 Å². The number of rotatable bonds is 2. The van der Waals surface area contributed by atoms with Crippen LogP contribution in [0.2, 0.25) is 0 Å². The summed E-state index contributed by atoms with van der Waals surface area (Å²) in [6, 6.07) is 0. The molecule has 0 aromatic carbocycles. The second kappa shape index (κ2) is 7.59. The van der Waals surface area contributed by atoms with Gasteiger partial charge in [0.25, 0.3) is 0 Å². The quantitative estimate of drug-likeness (QED) is 0.524. The van der Waals surface area contributed by atoms with Gasteiger partial charge in [0.1, 0.15) is 5.60 Å². The van der Waals surface area contributed by atoms with Crippen molar-refractivity contribution in [1.29, 1.82) is 0 Å². The Morgan fingerprint density at radius 2 is 1.37 bits per heavy atom. The number of carbonyl (C=O) groups is 2. The van der Waals surface area contributed by atoms with Crippen molar-refractivity contribution in [1.82, 2.24) is 0 Å². The van der Waals surface area contributed by atoms with Gasteiger partial charge in [0, 0.05) is 11.1 Å². The monoisotopic (exact) mass is 268 g/mol. The third-order valence-electron chi connectivity index (χ3n) is 3.15. The summed E-state index contributed by atoms with van der Waals surface area (Å²) in [5.41, 5.74) is -1.02. The zero-order valence-electron chi connectivity index (χ0n) is 11.3. The standard InChI is InChI=1S/C8H12O.C6H8O4/c1-2-8(9)6-4-3-5-7-8;1-3(5(7)8)4(2)6(9)10/h1,9H,3-7H2;1-2H3,(H,7,8)(H,9,10)/b;4-3-. The van der Waals surface area contributed by atoms with Gasteiger partial charge >= 0.3 is 11.9 Å². The molecule has 0 amide bonds. The highest BCUT2D eigenvalue weighted by molar-refractivity contribution is 5.97. The Bertz CT molecular complexity index is 386. The van der Waals surface area contributed by atoms with Gasteiger partial charge in [-0.15, -0.1) is 6.42 Å². The van der Waals surface area contributed by atoms with E-state index in [2.05, 4.69) is 5.92 Å². The first-order chi connectivity index (χ1) is 8.73. The van der Waals surface area contributed by atoms with Crippen LogP contribution >= 0.6 is 0 Å². The second-order valence-electron chi connectivity index (χ2n) is 4.60. The molecule has 0 atom stereocenters. The van der Waals surface area contributed by atoms with Gasteiger partial charge in [-0.1, -0.05) is 12.3 Å². The fraction of sp³-hybridized carbons (Fsp3) is 0.571. The molecule has 0 radical (unpaired) electrons. The maximum atomic E-state index is 10.1. The molecule has 5 nitrogen and oxygen atoms in total. The highest BCUT2D eigenvalue weighted by Gasteiger charge is 2.25. The van der Waals surface area contributed by atoms with Crippen LogP contribution in [0.5, 0.6) is 0 Å². The van der Waals surface area contributed by atoms with Crippen LogP contribution in [0.3, 0.4) is 0 Å². The number of aliphatic carboxylic acids is 2. The van der Waals surface area contributed by atoms with Crippen molar-refractivity contribution in [3.63, 3.8) is 0 Å². The molecular weight excluding hydrogens is 248 g/mol. The summed E-state index contributed by atoms with van der Waals surface area (Å²) in [6.45, 7) is 2.51. The van der Waals surface area contributed by atoms with Gasteiger partial charge in [-0.05, 0) is 39.5 Å². The molecule has 0 bridgehead atoms. The fourth-order valence-electron chi connectivity index (χ4n) is 1.60. The van der Waals surface area contributed by atoms with E-state index in [0.717, 1.165) is 25.7 Å². The molecule has 3 N–H and O–H groups in total. The lowest BCUT2D eigenvalue weighted by Crippen LogP contribution is -2.28. The zero-order chi connectivity index (χ0) is 15.1. The maximum absolute atomic E-state index is 10.1. The number of carboxylic acid groups (broad SMARTS) is 2. The molecule has 0 aromatic rings. The van der Waals surface area contributed by atoms with Gasteiger partial charge in [-0.25, -0.2) is 9.59 Å². The number of carboxylic acids is 2. The molecule has 0 unspecified atom stereocenters. The van der Waals surface area contributed by atoms with E-state index in [4.69, 9.17) is 16.6 Å². The highest BCUT2D eigenvalue weighted by atomic mass is 16.4. The van der Waals surface area contributed by atoms with Gasteiger partial charge in [0.05, 0.1) is 0 Å². The SMILES string of the molecule is C#CC1(O)CCCCC1.C/C(C(=O)O)=C(\C)C(=O)O. The lowest BCUT2D eigenvalue weighted by atomic mass is 9.86. The highest BCUT2D eigenvalue weighted by Crippen LogP contribution is 2.26. The van der Waals surface area contributed by atoms with Gasteiger partial charge in [-0.3, -0.25) is 0 Å². The summed E-state index contributed by atoms with van der Waals surface area (Å²) in [6.07, 6.45) is 10.1. The van der Waals surface area contributed by atoms with E-state index in [1.807, 2.05) is 0 Å². The Balaban J connectivity index is 0.000000342. The zero-order valence-corrected chi connectivity index (χ0v) is 11.3. The van der Waals surface area contributed by atoms with E-state index in [-0.39, 0.29) is 11.1 Å². The number of hydrogen-bond donors (Lipinski definition) is 3. The third-order valence-corrected chi connectivity index (χ3v) is 3.15. The van der Waals surface area contributed by atoms with E-state index < -0.39 is 17.5 Å². The van der Waals surface area contributed by atoms with E-state index in [9.17, 15) is 14.7 Å². The van der Waals surface area contributed by atoms with Crippen LogP contribution in [0, 0.1) is 12.3 Å². The average molecular weight is 268 g/mol. The molecule has 106 valence electrons. The van der Waals surface area contributed by atoms with Crippen LogP contribution in [-0.4, -0.2) is 32.9 Å². The van der Waals surface area contributed by atoms with Crippen LogP contribution in [0.15, 0.2) is 11.1 Å². The molecule has 0 spiro atoms. The van der Waals surface area contributed by atoms with Crippen molar-refractivity contribution in [2.45, 2.75) is 51.6 Å². The van der Waals surface area contributed by atoms with E-state index in [0.29, 0.717) is 0 Å². The summed E-state index contributed by atoms with van der Waals surface area (Å²) >= 11 is 0. The Morgan fingerprint density at radius 1 is 1.00 bits per heavy atom. The average Bonchev–Trinajstić information content (AvgIpc) is 2.38. The Labute approximate surface area is 112 Å². The van der Waals surface area contributed by atoms with Crippen molar-refractivity contribution in [2.75, 3.05) is 0 Å². The fourth-order valence-corrected chi connectivity index (χ4v) is 1.60. The van der Waals surface area contributed by atoms with Crippen molar-refractivity contribution in [2.24, 2.45) is 0 Å². The number of terminal acetylenes is 1. The minimum Gasteiger partial charge on any atom is -0.478 e. The summed E-state index contributed by atoms with van der Waals surface area (Å²) < 4.78 is 0. The lowest BCUT2D eigenvalue weighted by molar-refractivity contribution is -0.135. The van der Waals surface area contributed by atoms with Crippen molar-refractivity contribution >= 4 is 11.9 Å². The van der Waals surface area contributed by atoms with Crippen molar-refractivity contribution in [3.8, 4) is 12.3 Å². The molecule has 1 rings (SSSR count).